The number of hydrogen-bond donors (Lipinski definition) is 1. The predicted molar refractivity (Wildman–Crippen MR) is 107 cm³/mol. The van der Waals surface area contributed by atoms with Crippen molar-refractivity contribution in [3.05, 3.63) is 35.4 Å². The minimum Gasteiger partial charge on any atom is -0.379 e. The van der Waals surface area contributed by atoms with Gasteiger partial charge in [0.2, 0.25) is 0 Å². The fourth-order valence-corrected chi connectivity index (χ4v) is 5.33. The summed E-state index contributed by atoms with van der Waals surface area (Å²) in [6, 6.07) is 11.5. The molecule has 2 aliphatic heterocycles. The maximum Gasteiger partial charge on any atom is 0.0619 e. The van der Waals surface area contributed by atoms with Crippen LogP contribution in [0.15, 0.2) is 24.3 Å². The lowest BCUT2D eigenvalue weighted by Gasteiger charge is -2.46. The number of piperazine rings is 1. The second-order valence-electron chi connectivity index (χ2n) is 8.48. The summed E-state index contributed by atoms with van der Waals surface area (Å²) >= 11 is 0. The van der Waals surface area contributed by atoms with E-state index in [0.29, 0.717) is 12.1 Å². The Labute approximate surface area is 158 Å². The first kappa shape index (κ1) is 18.4. The summed E-state index contributed by atoms with van der Waals surface area (Å²) in [6.07, 6.45) is 5.42. The molecule has 1 N–H and O–H groups in total. The molecule has 2 atom stereocenters. The van der Waals surface area contributed by atoms with E-state index in [1.165, 1.54) is 43.4 Å². The first-order valence-electron chi connectivity index (χ1n) is 10.6. The van der Waals surface area contributed by atoms with Crippen LogP contribution in [0.1, 0.15) is 49.8 Å². The van der Waals surface area contributed by atoms with Gasteiger partial charge in [0.1, 0.15) is 0 Å². The number of nitrogens with one attached hydrogen (secondary N) is 1. The molecule has 1 saturated carbocycles. The molecular weight excluding hydrogens is 322 g/mol. The average molecular weight is 358 g/mol. The molecule has 3 aliphatic rings. The van der Waals surface area contributed by atoms with E-state index in [9.17, 15) is 0 Å². The van der Waals surface area contributed by atoms with Gasteiger partial charge in [0.05, 0.1) is 13.2 Å². The van der Waals surface area contributed by atoms with Gasteiger partial charge in [0.15, 0.2) is 0 Å². The van der Waals surface area contributed by atoms with E-state index in [1.54, 1.807) is 0 Å². The van der Waals surface area contributed by atoms with Gasteiger partial charge < -0.3 is 10.1 Å². The Hall–Kier alpha value is -0.940. The third kappa shape index (κ3) is 3.99. The van der Waals surface area contributed by atoms with Crippen LogP contribution in [0.5, 0.6) is 0 Å². The first-order chi connectivity index (χ1) is 12.7. The van der Waals surface area contributed by atoms with Gasteiger partial charge in [0.25, 0.3) is 0 Å². The molecule has 1 aromatic rings. The van der Waals surface area contributed by atoms with E-state index < -0.39 is 0 Å². The minimum atomic E-state index is 0.488. The van der Waals surface area contributed by atoms with Crippen molar-refractivity contribution in [2.75, 3.05) is 39.4 Å². The first-order valence-corrected chi connectivity index (χ1v) is 10.6. The average Bonchev–Trinajstić information content (AvgIpc) is 2.69. The number of ether oxygens (including phenoxy) is 1. The van der Waals surface area contributed by atoms with Crippen LogP contribution in [-0.4, -0.2) is 67.3 Å². The van der Waals surface area contributed by atoms with E-state index in [1.807, 2.05) is 0 Å². The predicted octanol–water partition coefficient (Wildman–Crippen LogP) is 2.97. The zero-order chi connectivity index (χ0) is 17.9. The number of benzene rings is 1. The lowest BCUT2D eigenvalue weighted by Crippen LogP contribution is -2.54. The van der Waals surface area contributed by atoms with E-state index in [2.05, 4.69) is 53.2 Å². The van der Waals surface area contributed by atoms with Crippen molar-refractivity contribution in [1.29, 1.82) is 0 Å². The fourth-order valence-electron chi connectivity index (χ4n) is 5.33. The molecular formula is C22H35N3O. The van der Waals surface area contributed by atoms with Crippen molar-refractivity contribution in [2.24, 2.45) is 0 Å². The summed E-state index contributed by atoms with van der Waals surface area (Å²) in [5, 5.41) is 3.75. The third-order valence-electron chi connectivity index (χ3n) is 6.84. The van der Waals surface area contributed by atoms with Gasteiger partial charge in [0, 0.05) is 50.3 Å². The topological polar surface area (TPSA) is 27.7 Å². The molecule has 0 spiro atoms. The summed E-state index contributed by atoms with van der Waals surface area (Å²) in [7, 11) is 0. The SMILES string of the molecule is Cc1ccccc1C1CN(C2CCC(N3CCOCC3C)CC2)CCN1. The number of morpholine rings is 1. The van der Waals surface area contributed by atoms with Crippen LogP contribution in [-0.2, 0) is 4.74 Å². The summed E-state index contributed by atoms with van der Waals surface area (Å²) in [4.78, 5) is 5.49. The van der Waals surface area contributed by atoms with Crippen molar-refractivity contribution in [2.45, 2.75) is 63.7 Å². The molecule has 0 radical (unpaired) electrons. The molecule has 4 nitrogen and oxygen atoms in total. The molecule has 0 amide bonds. The molecule has 26 heavy (non-hydrogen) atoms. The largest absolute Gasteiger partial charge is 0.379 e. The highest BCUT2D eigenvalue weighted by Crippen LogP contribution is 2.31. The maximum absolute atomic E-state index is 5.63. The van der Waals surface area contributed by atoms with E-state index >= 15 is 0 Å². The Morgan fingerprint density at radius 1 is 1.04 bits per heavy atom. The van der Waals surface area contributed by atoms with Crippen LogP contribution < -0.4 is 5.32 Å². The van der Waals surface area contributed by atoms with Crippen molar-refractivity contribution >= 4 is 0 Å². The molecule has 0 aromatic heterocycles. The molecule has 1 aliphatic carbocycles. The van der Waals surface area contributed by atoms with Crippen molar-refractivity contribution in [3.63, 3.8) is 0 Å². The monoisotopic (exact) mass is 357 g/mol. The quantitative estimate of drug-likeness (QED) is 0.900. The smallest absolute Gasteiger partial charge is 0.0619 e. The van der Waals surface area contributed by atoms with Gasteiger partial charge in [-0.15, -0.1) is 0 Å². The van der Waals surface area contributed by atoms with Gasteiger partial charge >= 0.3 is 0 Å². The van der Waals surface area contributed by atoms with Crippen LogP contribution in [0.25, 0.3) is 0 Å². The Kier molecular flexibility index (Phi) is 5.94. The second-order valence-corrected chi connectivity index (χ2v) is 8.48. The van der Waals surface area contributed by atoms with Gasteiger partial charge in [-0.2, -0.15) is 0 Å². The van der Waals surface area contributed by atoms with E-state index in [0.717, 1.165) is 44.9 Å². The number of nitrogens with zero attached hydrogens (tertiary/aromatic N) is 2. The van der Waals surface area contributed by atoms with Crippen molar-refractivity contribution in [1.82, 2.24) is 15.1 Å². The highest BCUT2D eigenvalue weighted by Gasteiger charge is 2.34. The summed E-state index contributed by atoms with van der Waals surface area (Å²) in [6.45, 7) is 11.0. The Morgan fingerprint density at radius 2 is 1.81 bits per heavy atom. The molecule has 2 heterocycles. The Bertz CT molecular complexity index is 585. The third-order valence-corrected chi connectivity index (χ3v) is 6.84. The van der Waals surface area contributed by atoms with Gasteiger partial charge in [-0.1, -0.05) is 24.3 Å². The standard InChI is InChI=1S/C22H35N3O/c1-17-5-3-4-6-21(17)22-15-24(12-11-23-22)19-7-9-20(10-8-19)25-13-14-26-16-18(25)2/h3-6,18-20,22-23H,7-16H2,1-2H3. The van der Waals surface area contributed by atoms with E-state index in [4.69, 9.17) is 4.74 Å². The molecule has 2 saturated heterocycles. The van der Waals surface area contributed by atoms with Crippen LogP contribution in [0.3, 0.4) is 0 Å². The number of rotatable bonds is 3. The van der Waals surface area contributed by atoms with Crippen molar-refractivity contribution < 1.29 is 4.74 Å². The minimum absolute atomic E-state index is 0.488. The Morgan fingerprint density at radius 3 is 2.58 bits per heavy atom. The molecule has 1 aromatic carbocycles. The summed E-state index contributed by atoms with van der Waals surface area (Å²) in [5.41, 5.74) is 2.89. The highest BCUT2D eigenvalue weighted by atomic mass is 16.5. The van der Waals surface area contributed by atoms with Gasteiger partial charge in [-0.05, 0) is 50.7 Å². The lowest BCUT2D eigenvalue weighted by atomic mass is 9.87. The van der Waals surface area contributed by atoms with E-state index in [-0.39, 0.29) is 0 Å². The maximum atomic E-state index is 5.63. The van der Waals surface area contributed by atoms with Crippen LogP contribution in [0, 0.1) is 6.92 Å². The normalized spacial score (nSPS) is 34.7. The molecule has 144 valence electrons. The van der Waals surface area contributed by atoms with Crippen molar-refractivity contribution in [3.8, 4) is 0 Å². The molecule has 4 heteroatoms. The molecule has 4 rings (SSSR count). The fraction of sp³-hybridized carbons (Fsp3) is 0.727. The number of aryl methyl sites for hydroxylation is 1. The summed E-state index contributed by atoms with van der Waals surface area (Å²) in [5.74, 6) is 0. The van der Waals surface area contributed by atoms with Crippen LogP contribution in [0.4, 0.5) is 0 Å². The molecule has 2 unspecified atom stereocenters. The Balaban J connectivity index is 1.33. The second kappa shape index (κ2) is 8.39. The highest BCUT2D eigenvalue weighted by molar-refractivity contribution is 5.29. The lowest BCUT2D eigenvalue weighted by molar-refractivity contribution is -0.0355. The van der Waals surface area contributed by atoms with Crippen LogP contribution in [0.2, 0.25) is 0 Å². The van der Waals surface area contributed by atoms with Crippen LogP contribution >= 0.6 is 0 Å². The molecule has 3 fully saturated rings. The van der Waals surface area contributed by atoms with Gasteiger partial charge in [-0.25, -0.2) is 0 Å². The zero-order valence-electron chi connectivity index (χ0n) is 16.5. The summed E-state index contributed by atoms with van der Waals surface area (Å²) < 4.78 is 5.63. The zero-order valence-corrected chi connectivity index (χ0v) is 16.5. The van der Waals surface area contributed by atoms with Gasteiger partial charge in [-0.3, -0.25) is 9.80 Å². The molecule has 0 bridgehead atoms. The number of hydrogen-bond acceptors (Lipinski definition) is 4.